The summed E-state index contributed by atoms with van der Waals surface area (Å²) < 4.78 is 27.2. The van der Waals surface area contributed by atoms with Gasteiger partial charge >= 0.3 is 0 Å². The number of hydrogen-bond acceptors (Lipinski definition) is 5. The Bertz CT molecular complexity index is 500. The van der Waals surface area contributed by atoms with Gasteiger partial charge in [0.15, 0.2) is 0 Å². The van der Waals surface area contributed by atoms with Gasteiger partial charge in [-0.3, -0.25) is 0 Å². The molecule has 1 heterocycles. The van der Waals surface area contributed by atoms with Crippen molar-refractivity contribution in [3.05, 3.63) is 17.0 Å². The molecule has 0 atom stereocenters. The summed E-state index contributed by atoms with van der Waals surface area (Å²) in [6.45, 7) is 0.365. The number of rotatable bonds is 6. The van der Waals surface area contributed by atoms with Crippen molar-refractivity contribution in [2.24, 2.45) is 0 Å². The number of aliphatic hydroxyl groups excluding tert-OH is 1. The predicted molar refractivity (Wildman–Crippen MR) is 75.5 cm³/mol. The third-order valence-corrected chi connectivity index (χ3v) is 7.67. The fraction of sp³-hybridized carbons (Fsp3) is 0.636. The minimum atomic E-state index is -3.42. The highest BCUT2D eigenvalue weighted by Crippen LogP contribution is 2.42. The van der Waals surface area contributed by atoms with Crippen molar-refractivity contribution in [3.8, 4) is 0 Å². The molecule has 0 amide bonds. The second-order valence-corrected chi connectivity index (χ2v) is 8.68. The molecule has 1 saturated carbocycles. The first-order chi connectivity index (χ1) is 8.51. The van der Waals surface area contributed by atoms with Crippen molar-refractivity contribution in [2.75, 3.05) is 12.8 Å². The SMILES string of the molecule is CSC1(CNS(=O)(=O)c2cc(CO)cs2)CCC1. The van der Waals surface area contributed by atoms with Gasteiger partial charge in [-0.15, -0.1) is 11.3 Å². The van der Waals surface area contributed by atoms with Crippen LogP contribution in [0.4, 0.5) is 0 Å². The molecule has 2 rings (SSSR count). The topological polar surface area (TPSA) is 66.4 Å². The Labute approximate surface area is 116 Å². The lowest BCUT2D eigenvalue weighted by atomic mass is 9.84. The van der Waals surface area contributed by atoms with Crippen molar-refractivity contribution in [2.45, 2.75) is 34.8 Å². The molecule has 1 aliphatic carbocycles. The maximum Gasteiger partial charge on any atom is 0.250 e. The van der Waals surface area contributed by atoms with E-state index < -0.39 is 10.0 Å². The zero-order valence-electron chi connectivity index (χ0n) is 10.2. The van der Waals surface area contributed by atoms with Gasteiger partial charge in [-0.05, 0) is 36.1 Å². The van der Waals surface area contributed by atoms with Crippen LogP contribution in [0.5, 0.6) is 0 Å². The smallest absolute Gasteiger partial charge is 0.250 e. The molecule has 1 aliphatic rings. The Kier molecular flexibility index (Phi) is 4.38. The van der Waals surface area contributed by atoms with E-state index in [9.17, 15) is 8.42 Å². The fourth-order valence-corrected chi connectivity index (χ4v) is 5.28. The zero-order chi connectivity index (χ0) is 13.2. The Hall–Kier alpha value is -0.0800. The summed E-state index contributed by atoms with van der Waals surface area (Å²) in [6, 6.07) is 1.53. The van der Waals surface area contributed by atoms with Crippen LogP contribution in [0.15, 0.2) is 15.7 Å². The molecule has 0 unspecified atom stereocenters. The van der Waals surface area contributed by atoms with Crippen molar-refractivity contribution in [1.29, 1.82) is 0 Å². The molecule has 102 valence electrons. The van der Waals surface area contributed by atoms with Gasteiger partial charge in [0.25, 0.3) is 0 Å². The first-order valence-electron chi connectivity index (χ1n) is 5.74. The van der Waals surface area contributed by atoms with Gasteiger partial charge in [-0.2, -0.15) is 11.8 Å². The largest absolute Gasteiger partial charge is 0.392 e. The normalized spacial score (nSPS) is 18.6. The predicted octanol–water partition coefficient (Wildman–Crippen LogP) is 1.80. The molecular formula is C11H17NO3S3. The minimum absolute atomic E-state index is 0.0874. The molecule has 0 aliphatic heterocycles. The highest BCUT2D eigenvalue weighted by atomic mass is 32.2. The summed E-state index contributed by atoms with van der Waals surface area (Å²) in [6.07, 6.45) is 5.35. The molecule has 7 heteroatoms. The standard InChI is InChI=1S/C11H17NO3S3/c1-16-11(3-2-4-11)8-12-18(14,15)10-5-9(6-13)7-17-10/h5,7,12-13H,2-4,6,8H2,1H3. The molecule has 1 fully saturated rings. The molecule has 4 nitrogen and oxygen atoms in total. The van der Waals surface area contributed by atoms with Gasteiger partial charge in [0.05, 0.1) is 6.61 Å². The molecular weight excluding hydrogens is 290 g/mol. The average molecular weight is 307 g/mol. The lowest BCUT2D eigenvalue weighted by molar-refractivity contribution is 0.282. The number of aliphatic hydroxyl groups is 1. The van der Waals surface area contributed by atoms with E-state index in [1.165, 1.54) is 12.5 Å². The fourth-order valence-electron chi connectivity index (χ4n) is 1.90. The monoisotopic (exact) mass is 307 g/mol. The van der Waals surface area contributed by atoms with Crippen LogP contribution in [0, 0.1) is 0 Å². The summed E-state index contributed by atoms with van der Waals surface area (Å²) >= 11 is 2.89. The number of thiophene rings is 1. The number of hydrogen-bond donors (Lipinski definition) is 2. The van der Waals surface area contributed by atoms with Gasteiger partial charge in [0.2, 0.25) is 10.0 Å². The van der Waals surface area contributed by atoms with Crippen LogP contribution in [0.3, 0.4) is 0 Å². The van der Waals surface area contributed by atoms with Crippen LogP contribution < -0.4 is 4.72 Å². The minimum Gasteiger partial charge on any atom is -0.392 e. The molecule has 0 spiro atoms. The van der Waals surface area contributed by atoms with Crippen LogP contribution in [0.1, 0.15) is 24.8 Å². The van der Waals surface area contributed by atoms with Crippen molar-refractivity contribution in [1.82, 2.24) is 4.72 Å². The quantitative estimate of drug-likeness (QED) is 0.841. The number of thioether (sulfide) groups is 1. The summed E-state index contributed by atoms with van der Waals surface area (Å²) in [7, 11) is -3.42. The third kappa shape index (κ3) is 2.91. The van der Waals surface area contributed by atoms with E-state index in [2.05, 4.69) is 4.72 Å². The summed E-state index contributed by atoms with van der Waals surface area (Å²) in [5.41, 5.74) is 0.642. The van der Waals surface area contributed by atoms with Gasteiger partial charge in [-0.1, -0.05) is 6.42 Å². The Balaban J connectivity index is 2.03. The molecule has 0 aromatic carbocycles. The lowest BCUT2D eigenvalue weighted by Crippen LogP contribution is -2.45. The van der Waals surface area contributed by atoms with E-state index in [0.717, 1.165) is 24.2 Å². The van der Waals surface area contributed by atoms with E-state index in [0.29, 0.717) is 12.1 Å². The highest BCUT2D eigenvalue weighted by molar-refractivity contribution is 8.00. The molecule has 2 N–H and O–H groups in total. The van der Waals surface area contributed by atoms with Crippen LogP contribution in [0.2, 0.25) is 0 Å². The molecule has 18 heavy (non-hydrogen) atoms. The van der Waals surface area contributed by atoms with Crippen molar-refractivity contribution < 1.29 is 13.5 Å². The second-order valence-electron chi connectivity index (χ2n) is 4.50. The Morgan fingerprint density at radius 3 is 2.72 bits per heavy atom. The van der Waals surface area contributed by atoms with E-state index in [1.54, 1.807) is 17.1 Å². The highest BCUT2D eigenvalue weighted by Gasteiger charge is 2.37. The number of nitrogens with one attached hydrogen (secondary N) is 1. The van der Waals surface area contributed by atoms with Gasteiger partial charge < -0.3 is 5.11 Å². The van der Waals surface area contributed by atoms with Gasteiger partial charge in [0.1, 0.15) is 4.21 Å². The van der Waals surface area contributed by atoms with Gasteiger partial charge in [0, 0.05) is 11.3 Å². The van der Waals surface area contributed by atoms with E-state index >= 15 is 0 Å². The van der Waals surface area contributed by atoms with Crippen LogP contribution in [-0.2, 0) is 16.6 Å². The van der Waals surface area contributed by atoms with E-state index in [-0.39, 0.29) is 15.6 Å². The second kappa shape index (κ2) is 5.50. The average Bonchev–Trinajstić information content (AvgIpc) is 2.77. The molecule has 0 saturated heterocycles. The van der Waals surface area contributed by atoms with Crippen molar-refractivity contribution >= 4 is 33.1 Å². The zero-order valence-corrected chi connectivity index (χ0v) is 12.6. The van der Waals surface area contributed by atoms with E-state index in [4.69, 9.17) is 5.11 Å². The summed E-state index contributed by atoms with van der Waals surface area (Å²) in [5.74, 6) is 0. The molecule has 1 aromatic heterocycles. The maximum atomic E-state index is 12.1. The lowest BCUT2D eigenvalue weighted by Gasteiger charge is -2.40. The van der Waals surface area contributed by atoms with Crippen LogP contribution in [-0.4, -0.2) is 31.1 Å². The Morgan fingerprint density at radius 1 is 1.56 bits per heavy atom. The van der Waals surface area contributed by atoms with E-state index in [1.807, 2.05) is 6.26 Å². The Morgan fingerprint density at radius 2 is 2.28 bits per heavy atom. The van der Waals surface area contributed by atoms with Crippen LogP contribution >= 0.6 is 23.1 Å². The van der Waals surface area contributed by atoms with Crippen molar-refractivity contribution in [3.63, 3.8) is 0 Å². The maximum absolute atomic E-state index is 12.1. The number of sulfonamides is 1. The molecule has 0 radical (unpaired) electrons. The first kappa shape index (κ1) is 14.3. The summed E-state index contributed by atoms with van der Waals surface area (Å²) in [4.78, 5) is 0. The third-order valence-electron chi connectivity index (χ3n) is 3.36. The summed E-state index contributed by atoms with van der Waals surface area (Å²) in [5, 5.41) is 10.6. The van der Waals surface area contributed by atoms with Crippen LogP contribution in [0.25, 0.3) is 0 Å². The van der Waals surface area contributed by atoms with Gasteiger partial charge in [-0.25, -0.2) is 13.1 Å². The molecule has 1 aromatic rings. The molecule has 0 bridgehead atoms. The first-order valence-corrected chi connectivity index (χ1v) is 9.33.